The fraction of sp³-hybridized carbons (Fsp3) is 0.867. The Kier molecular flexibility index (Phi) is 5.49. The second-order valence-corrected chi connectivity index (χ2v) is 6.52. The van der Waals surface area contributed by atoms with Gasteiger partial charge in [-0.25, -0.2) is 0 Å². The van der Waals surface area contributed by atoms with Crippen LogP contribution in [0.5, 0.6) is 0 Å². The fourth-order valence-corrected chi connectivity index (χ4v) is 3.86. The molecule has 2 heterocycles. The van der Waals surface area contributed by atoms with E-state index in [9.17, 15) is 9.59 Å². The second kappa shape index (κ2) is 6.97. The van der Waals surface area contributed by atoms with E-state index in [1.54, 1.807) is 0 Å². The molecule has 3 rings (SSSR count). The Bertz CT molecular complexity index is 398. The third-order valence-electron chi connectivity index (χ3n) is 4.95. The van der Waals surface area contributed by atoms with Crippen LogP contribution in [-0.2, 0) is 9.59 Å². The van der Waals surface area contributed by atoms with Gasteiger partial charge in [-0.15, -0.1) is 12.4 Å². The molecule has 1 N–H and O–H groups in total. The Morgan fingerprint density at radius 3 is 2.62 bits per heavy atom. The predicted octanol–water partition coefficient (Wildman–Crippen LogP) is 1.02. The van der Waals surface area contributed by atoms with E-state index < -0.39 is 0 Å². The molecule has 0 spiro atoms. The molecule has 1 saturated carbocycles. The van der Waals surface area contributed by atoms with Gasteiger partial charge < -0.3 is 15.1 Å². The molecule has 2 aliphatic heterocycles. The zero-order chi connectivity index (χ0) is 14.1. The van der Waals surface area contributed by atoms with Crippen molar-refractivity contribution in [1.29, 1.82) is 0 Å². The molecule has 3 aliphatic rings. The first kappa shape index (κ1) is 16.6. The molecule has 0 aromatic carbocycles. The van der Waals surface area contributed by atoms with Gasteiger partial charge in [0.1, 0.15) is 0 Å². The van der Waals surface area contributed by atoms with Gasteiger partial charge in [-0.05, 0) is 19.8 Å². The third-order valence-corrected chi connectivity index (χ3v) is 4.95. The second-order valence-electron chi connectivity index (χ2n) is 6.52. The Morgan fingerprint density at radius 2 is 1.95 bits per heavy atom. The van der Waals surface area contributed by atoms with Gasteiger partial charge in [0.25, 0.3) is 0 Å². The van der Waals surface area contributed by atoms with E-state index >= 15 is 0 Å². The van der Waals surface area contributed by atoms with E-state index in [4.69, 9.17) is 0 Å². The van der Waals surface area contributed by atoms with Crippen molar-refractivity contribution < 1.29 is 9.59 Å². The molecule has 1 aliphatic carbocycles. The topological polar surface area (TPSA) is 52.7 Å². The molecule has 5 nitrogen and oxygen atoms in total. The molecule has 0 aromatic rings. The lowest BCUT2D eigenvalue weighted by Crippen LogP contribution is -2.53. The molecule has 0 bridgehead atoms. The molecule has 2 amide bonds. The maximum atomic E-state index is 12.6. The first-order valence-electron chi connectivity index (χ1n) is 7.97. The lowest BCUT2D eigenvalue weighted by molar-refractivity contribution is -0.136. The first-order chi connectivity index (χ1) is 9.65. The summed E-state index contributed by atoms with van der Waals surface area (Å²) in [5.41, 5.74) is 0. The molecule has 2 atom stereocenters. The van der Waals surface area contributed by atoms with Crippen molar-refractivity contribution in [2.75, 3.05) is 26.2 Å². The van der Waals surface area contributed by atoms with Crippen molar-refractivity contribution in [2.45, 2.75) is 51.1 Å². The van der Waals surface area contributed by atoms with Crippen LogP contribution < -0.4 is 5.32 Å². The van der Waals surface area contributed by atoms with Crippen LogP contribution in [0.25, 0.3) is 0 Å². The Morgan fingerprint density at radius 1 is 1.24 bits per heavy atom. The number of rotatable bonds is 2. The predicted molar refractivity (Wildman–Crippen MR) is 83.4 cm³/mol. The standard InChI is InChI=1S/C15H25N3O2.ClH/c1-11-9-17(7-6-16-11)15(20)12-8-14(19)18(10-12)13-4-2-3-5-13;/h11-13,16H,2-10H2,1H3;1H. The van der Waals surface area contributed by atoms with Gasteiger partial charge in [0.05, 0.1) is 5.92 Å². The highest BCUT2D eigenvalue weighted by Gasteiger charge is 2.40. The van der Waals surface area contributed by atoms with E-state index in [0.29, 0.717) is 25.0 Å². The molecule has 0 aromatic heterocycles. The van der Waals surface area contributed by atoms with Gasteiger partial charge in [0.2, 0.25) is 11.8 Å². The van der Waals surface area contributed by atoms with Crippen molar-refractivity contribution in [2.24, 2.45) is 5.92 Å². The van der Waals surface area contributed by atoms with Gasteiger partial charge in [-0.1, -0.05) is 12.8 Å². The van der Waals surface area contributed by atoms with Crippen molar-refractivity contribution >= 4 is 24.2 Å². The molecule has 2 unspecified atom stereocenters. The molecule has 21 heavy (non-hydrogen) atoms. The number of nitrogens with one attached hydrogen (secondary N) is 1. The fourth-order valence-electron chi connectivity index (χ4n) is 3.86. The lowest BCUT2D eigenvalue weighted by Gasteiger charge is -2.33. The van der Waals surface area contributed by atoms with Crippen LogP contribution in [0.15, 0.2) is 0 Å². The Balaban J connectivity index is 0.00000161. The highest BCUT2D eigenvalue weighted by Crippen LogP contribution is 2.30. The van der Waals surface area contributed by atoms with Gasteiger partial charge in [0, 0.05) is 44.7 Å². The van der Waals surface area contributed by atoms with Crippen molar-refractivity contribution in [1.82, 2.24) is 15.1 Å². The molecular weight excluding hydrogens is 290 g/mol. The minimum absolute atomic E-state index is 0. The van der Waals surface area contributed by atoms with Crippen molar-refractivity contribution in [3.63, 3.8) is 0 Å². The number of likely N-dealkylation sites (tertiary alicyclic amines) is 1. The van der Waals surface area contributed by atoms with Crippen LogP contribution >= 0.6 is 12.4 Å². The first-order valence-corrected chi connectivity index (χ1v) is 7.97. The number of carbonyl (C=O) groups excluding carboxylic acids is 2. The highest BCUT2D eigenvalue weighted by atomic mass is 35.5. The van der Waals surface area contributed by atoms with Crippen LogP contribution in [0.4, 0.5) is 0 Å². The summed E-state index contributed by atoms with van der Waals surface area (Å²) >= 11 is 0. The number of hydrogen-bond donors (Lipinski definition) is 1. The van der Waals surface area contributed by atoms with Crippen molar-refractivity contribution in [3.05, 3.63) is 0 Å². The summed E-state index contributed by atoms with van der Waals surface area (Å²) in [4.78, 5) is 28.7. The highest BCUT2D eigenvalue weighted by molar-refractivity contribution is 5.89. The van der Waals surface area contributed by atoms with Crippen LogP contribution in [0.1, 0.15) is 39.0 Å². The van der Waals surface area contributed by atoms with Gasteiger partial charge in [0.15, 0.2) is 0 Å². The van der Waals surface area contributed by atoms with Gasteiger partial charge in [-0.2, -0.15) is 0 Å². The van der Waals surface area contributed by atoms with Crippen LogP contribution in [0.2, 0.25) is 0 Å². The van der Waals surface area contributed by atoms with Crippen LogP contribution in [0.3, 0.4) is 0 Å². The quantitative estimate of drug-likeness (QED) is 0.828. The summed E-state index contributed by atoms with van der Waals surface area (Å²) in [6.45, 7) is 5.16. The number of carbonyl (C=O) groups is 2. The summed E-state index contributed by atoms with van der Waals surface area (Å²) in [5.74, 6) is 0.277. The normalized spacial score (nSPS) is 30.6. The Hall–Kier alpha value is -0.810. The minimum Gasteiger partial charge on any atom is -0.340 e. The minimum atomic E-state index is -0.103. The number of nitrogens with zero attached hydrogens (tertiary/aromatic N) is 2. The lowest BCUT2D eigenvalue weighted by atomic mass is 10.1. The van der Waals surface area contributed by atoms with Gasteiger partial charge >= 0.3 is 0 Å². The van der Waals surface area contributed by atoms with E-state index in [2.05, 4.69) is 12.2 Å². The molecule has 3 fully saturated rings. The monoisotopic (exact) mass is 315 g/mol. The average molecular weight is 316 g/mol. The van der Waals surface area contributed by atoms with Crippen LogP contribution in [0, 0.1) is 5.92 Å². The maximum absolute atomic E-state index is 12.6. The number of hydrogen-bond acceptors (Lipinski definition) is 3. The zero-order valence-corrected chi connectivity index (χ0v) is 13.5. The number of halogens is 1. The summed E-state index contributed by atoms with van der Waals surface area (Å²) in [7, 11) is 0. The third kappa shape index (κ3) is 3.51. The van der Waals surface area contributed by atoms with Gasteiger partial charge in [-0.3, -0.25) is 9.59 Å². The average Bonchev–Trinajstić information content (AvgIpc) is 3.06. The molecular formula is C15H26ClN3O2. The summed E-state index contributed by atoms with van der Waals surface area (Å²) < 4.78 is 0. The molecule has 0 radical (unpaired) electrons. The Labute approximate surface area is 132 Å². The zero-order valence-electron chi connectivity index (χ0n) is 12.7. The van der Waals surface area contributed by atoms with Crippen LogP contribution in [-0.4, -0.2) is 59.9 Å². The molecule has 6 heteroatoms. The van der Waals surface area contributed by atoms with E-state index in [-0.39, 0.29) is 30.1 Å². The molecule has 120 valence electrons. The summed E-state index contributed by atoms with van der Waals surface area (Å²) in [5, 5.41) is 3.35. The van der Waals surface area contributed by atoms with E-state index in [0.717, 1.165) is 32.5 Å². The SMILES string of the molecule is CC1CN(C(=O)C2CC(=O)N(C3CCCC3)C2)CCN1.Cl. The largest absolute Gasteiger partial charge is 0.340 e. The summed E-state index contributed by atoms with van der Waals surface area (Å²) in [6.07, 6.45) is 5.12. The van der Waals surface area contributed by atoms with E-state index in [1.807, 2.05) is 9.80 Å². The van der Waals surface area contributed by atoms with Crippen molar-refractivity contribution in [3.8, 4) is 0 Å². The van der Waals surface area contributed by atoms with E-state index in [1.165, 1.54) is 12.8 Å². The number of piperazine rings is 1. The maximum Gasteiger partial charge on any atom is 0.228 e. The summed E-state index contributed by atoms with van der Waals surface area (Å²) in [6, 6.07) is 0.762. The molecule has 2 saturated heterocycles. The smallest absolute Gasteiger partial charge is 0.228 e. The number of amides is 2.